The Balaban J connectivity index is 1.68. The van der Waals surface area contributed by atoms with E-state index >= 15 is 0 Å². The first-order valence-electron chi connectivity index (χ1n) is 8.75. The molecule has 0 saturated carbocycles. The number of ether oxygens (including phenoxy) is 1. The zero-order valence-electron chi connectivity index (χ0n) is 15.6. The normalized spacial score (nSPS) is 10.2. The van der Waals surface area contributed by atoms with Gasteiger partial charge in [-0.1, -0.05) is 6.07 Å². The number of aromatic nitrogens is 2. The van der Waals surface area contributed by atoms with E-state index in [1.165, 1.54) is 0 Å². The van der Waals surface area contributed by atoms with Gasteiger partial charge in [0, 0.05) is 24.1 Å². The average molecular weight is 379 g/mol. The number of rotatable bonds is 6. The Morgan fingerprint density at radius 3 is 2.43 bits per heavy atom. The molecule has 8 heteroatoms. The summed E-state index contributed by atoms with van der Waals surface area (Å²) in [5.41, 5.74) is 2.22. The van der Waals surface area contributed by atoms with Crippen molar-refractivity contribution in [1.29, 1.82) is 0 Å². The Hall–Kier alpha value is -3.81. The van der Waals surface area contributed by atoms with Crippen molar-refractivity contribution < 1.29 is 14.3 Å². The molecule has 0 aliphatic rings. The summed E-state index contributed by atoms with van der Waals surface area (Å²) in [6.45, 7) is 2.36. The summed E-state index contributed by atoms with van der Waals surface area (Å²) < 4.78 is 6.75. The molecule has 0 bridgehead atoms. The van der Waals surface area contributed by atoms with E-state index in [2.05, 4.69) is 21.0 Å². The largest absolute Gasteiger partial charge is 0.497 e. The van der Waals surface area contributed by atoms with Crippen molar-refractivity contribution in [2.24, 2.45) is 0 Å². The van der Waals surface area contributed by atoms with E-state index < -0.39 is 0 Å². The lowest BCUT2D eigenvalue weighted by molar-refractivity contribution is 0.102. The van der Waals surface area contributed by atoms with E-state index in [1.54, 1.807) is 48.3 Å². The second kappa shape index (κ2) is 8.72. The first-order chi connectivity index (χ1) is 13.6. The molecule has 0 fully saturated rings. The van der Waals surface area contributed by atoms with Gasteiger partial charge in [0.25, 0.3) is 5.91 Å². The predicted octanol–water partition coefficient (Wildman–Crippen LogP) is 3.27. The van der Waals surface area contributed by atoms with Gasteiger partial charge >= 0.3 is 6.03 Å². The van der Waals surface area contributed by atoms with Crippen LogP contribution in [0.15, 0.2) is 60.8 Å². The van der Waals surface area contributed by atoms with Gasteiger partial charge in [0.05, 0.1) is 12.8 Å². The van der Waals surface area contributed by atoms with Crippen LogP contribution < -0.4 is 20.7 Å². The number of carbonyl (C=O) groups excluding carboxylic acids is 2. The van der Waals surface area contributed by atoms with Crippen LogP contribution >= 0.6 is 0 Å². The smallest absolute Gasteiger partial charge is 0.319 e. The fourth-order valence-corrected chi connectivity index (χ4v) is 2.53. The van der Waals surface area contributed by atoms with Crippen molar-refractivity contribution in [1.82, 2.24) is 15.1 Å². The average Bonchev–Trinajstić information content (AvgIpc) is 3.19. The van der Waals surface area contributed by atoms with Crippen molar-refractivity contribution >= 4 is 23.3 Å². The van der Waals surface area contributed by atoms with Gasteiger partial charge in [0.1, 0.15) is 5.75 Å². The van der Waals surface area contributed by atoms with E-state index in [-0.39, 0.29) is 17.6 Å². The Bertz CT molecular complexity index is 966. The van der Waals surface area contributed by atoms with E-state index in [4.69, 9.17) is 4.74 Å². The van der Waals surface area contributed by atoms with Crippen LogP contribution in [0.1, 0.15) is 17.4 Å². The highest BCUT2D eigenvalue weighted by molar-refractivity contribution is 6.03. The standard InChI is InChI=1S/C20H21N5O3/c1-3-21-20(27)23-15-6-4-5-14(13-15)22-19(26)18-11-12-25(24-18)16-7-9-17(28-2)10-8-16/h4-13H,3H2,1-2H3,(H,22,26)(H2,21,23,27). The topological polar surface area (TPSA) is 97.3 Å². The van der Waals surface area contributed by atoms with Crippen molar-refractivity contribution in [2.45, 2.75) is 6.92 Å². The highest BCUT2D eigenvalue weighted by Crippen LogP contribution is 2.17. The van der Waals surface area contributed by atoms with Crippen molar-refractivity contribution in [3.63, 3.8) is 0 Å². The third kappa shape index (κ3) is 4.67. The molecular weight excluding hydrogens is 358 g/mol. The number of amides is 3. The number of nitrogens with zero attached hydrogens (tertiary/aromatic N) is 2. The fraction of sp³-hybridized carbons (Fsp3) is 0.150. The molecule has 8 nitrogen and oxygen atoms in total. The highest BCUT2D eigenvalue weighted by atomic mass is 16.5. The number of anilines is 2. The quantitative estimate of drug-likeness (QED) is 0.612. The predicted molar refractivity (Wildman–Crippen MR) is 107 cm³/mol. The van der Waals surface area contributed by atoms with Crippen LogP contribution in [0.4, 0.5) is 16.2 Å². The molecule has 144 valence electrons. The van der Waals surface area contributed by atoms with E-state index in [1.807, 2.05) is 31.2 Å². The molecule has 3 rings (SSSR count). The number of nitrogens with one attached hydrogen (secondary N) is 3. The van der Waals surface area contributed by atoms with Crippen LogP contribution in [-0.4, -0.2) is 35.4 Å². The Labute approximate surface area is 162 Å². The molecule has 0 unspecified atom stereocenters. The number of carbonyl (C=O) groups is 2. The molecule has 0 atom stereocenters. The minimum Gasteiger partial charge on any atom is -0.497 e. The van der Waals surface area contributed by atoms with Gasteiger partial charge in [-0.2, -0.15) is 5.10 Å². The van der Waals surface area contributed by atoms with Crippen LogP contribution in [0.3, 0.4) is 0 Å². The third-order valence-electron chi connectivity index (χ3n) is 3.87. The van der Waals surface area contributed by atoms with Gasteiger partial charge in [0.15, 0.2) is 5.69 Å². The zero-order chi connectivity index (χ0) is 19.9. The summed E-state index contributed by atoms with van der Waals surface area (Å²) in [5.74, 6) is 0.400. The van der Waals surface area contributed by atoms with Crippen molar-refractivity contribution in [3.8, 4) is 11.4 Å². The maximum atomic E-state index is 12.5. The summed E-state index contributed by atoms with van der Waals surface area (Å²) in [4.78, 5) is 24.1. The summed E-state index contributed by atoms with van der Waals surface area (Å²) in [7, 11) is 1.60. The zero-order valence-corrected chi connectivity index (χ0v) is 15.6. The second-order valence-corrected chi connectivity index (χ2v) is 5.86. The molecule has 0 radical (unpaired) electrons. The van der Waals surface area contributed by atoms with E-state index in [0.29, 0.717) is 17.9 Å². The van der Waals surface area contributed by atoms with Crippen molar-refractivity contribution in [2.75, 3.05) is 24.3 Å². The third-order valence-corrected chi connectivity index (χ3v) is 3.87. The molecule has 1 aromatic heterocycles. The Morgan fingerprint density at radius 1 is 1.04 bits per heavy atom. The lowest BCUT2D eigenvalue weighted by atomic mass is 10.2. The van der Waals surface area contributed by atoms with Gasteiger partial charge in [-0.05, 0) is 55.5 Å². The monoisotopic (exact) mass is 379 g/mol. The molecular formula is C20H21N5O3. The molecule has 3 aromatic rings. The van der Waals surface area contributed by atoms with Gasteiger partial charge in [-0.3, -0.25) is 4.79 Å². The summed E-state index contributed by atoms with van der Waals surface area (Å²) >= 11 is 0. The lowest BCUT2D eigenvalue weighted by Crippen LogP contribution is -2.28. The Kier molecular flexibility index (Phi) is 5.91. The molecule has 0 aliphatic heterocycles. The molecule has 0 spiro atoms. The van der Waals surface area contributed by atoms with Crippen LogP contribution in [-0.2, 0) is 0 Å². The maximum Gasteiger partial charge on any atom is 0.319 e. The second-order valence-electron chi connectivity index (χ2n) is 5.86. The molecule has 0 saturated heterocycles. The highest BCUT2D eigenvalue weighted by Gasteiger charge is 2.11. The number of benzene rings is 2. The van der Waals surface area contributed by atoms with Gasteiger partial charge in [-0.15, -0.1) is 0 Å². The summed E-state index contributed by atoms with van der Waals surface area (Å²) in [6, 6.07) is 15.6. The van der Waals surface area contributed by atoms with E-state index in [0.717, 1.165) is 11.4 Å². The SMILES string of the molecule is CCNC(=O)Nc1cccc(NC(=O)c2ccn(-c3ccc(OC)cc3)n2)c1. The minimum absolute atomic E-state index is 0.276. The molecule has 3 amide bonds. The molecule has 0 aliphatic carbocycles. The van der Waals surface area contributed by atoms with Crippen LogP contribution in [0.5, 0.6) is 5.75 Å². The molecule has 2 aromatic carbocycles. The van der Waals surface area contributed by atoms with Crippen LogP contribution in [0.2, 0.25) is 0 Å². The number of hydrogen-bond donors (Lipinski definition) is 3. The molecule has 3 N–H and O–H groups in total. The number of methoxy groups -OCH3 is 1. The van der Waals surface area contributed by atoms with Gasteiger partial charge < -0.3 is 20.7 Å². The number of hydrogen-bond acceptors (Lipinski definition) is 4. The van der Waals surface area contributed by atoms with Crippen LogP contribution in [0, 0.1) is 0 Å². The minimum atomic E-state index is -0.345. The summed E-state index contributed by atoms with van der Waals surface area (Å²) in [5, 5.41) is 12.4. The number of urea groups is 1. The first-order valence-corrected chi connectivity index (χ1v) is 8.75. The van der Waals surface area contributed by atoms with E-state index in [9.17, 15) is 9.59 Å². The molecule has 28 heavy (non-hydrogen) atoms. The summed E-state index contributed by atoms with van der Waals surface area (Å²) in [6.07, 6.45) is 1.71. The van der Waals surface area contributed by atoms with Gasteiger partial charge in [-0.25, -0.2) is 9.48 Å². The van der Waals surface area contributed by atoms with Crippen molar-refractivity contribution in [3.05, 3.63) is 66.5 Å². The lowest BCUT2D eigenvalue weighted by Gasteiger charge is -2.08. The fourth-order valence-electron chi connectivity index (χ4n) is 2.53. The Morgan fingerprint density at radius 2 is 1.75 bits per heavy atom. The molecule has 1 heterocycles. The van der Waals surface area contributed by atoms with Crippen LogP contribution in [0.25, 0.3) is 5.69 Å². The first kappa shape index (κ1) is 19.0. The van der Waals surface area contributed by atoms with Gasteiger partial charge in [0.2, 0.25) is 0 Å². The maximum absolute atomic E-state index is 12.5.